The molecule has 2 aromatic rings. The van der Waals surface area contributed by atoms with Crippen LogP contribution in [-0.2, 0) is 0 Å². The van der Waals surface area contributed by atoms with Gasteiger partial charge in [0.2, 0.25) is 6.79 Å². The van der Waals surface area contributed by atoms with E-state index in [2.05, 4.69) is 6.07 Å². The van der Waals surface area contributed by atoms with E-state index in [4.69, 9.17) is 15.2 Å². The Morgan fingerprint density at radius 1 is 1.26 bits per heavy atom. The first-order valence-corrected chi connectivity index (χ1v) is 6.51. The topological polar surface area (TPSA) is 68.3 Å². The fourth-order valence-corrected chi connectivity index (χ4v) is 2.61. The van der Waals surface area contributed by atoms with Crippen molar-refractivity contribution in [2.24, 2.45) is 5.73 Å². The van der Waals surface area contributed by atoms with Crippen molar-refractivity contribution in [1.82, 2.24) is 0 Å². The number of allylic oxidation sites excluding steroid dienone is 1. The van der Waals surface area contributed by atoms with E-state index in [9.17, 15) is 5.26 Å². The molecule has 2 heterocycles. The number of hydrogen-bond donors (Lipinski definition) is 1. The van der Waals surface area contributed by atoms with Crippen molar-refractivity contribution < 1.29 is 9.47 Å². The summed E-state index contributed by atoms with van der Waals surface area (Å²) in [5.41, 5.74) is 7.79. The Balaban J connectivity index is 2.08. The summed E-state index contributed by atoms with van der Waals surface area (Å²) in [7, 11) is 0. The smallest absolute Gasteiger partial charge is 0.231 e. The first-order chi connectivity index (χ1) is 9.29. The molecule has 0 unspecified atom stereocenters. The van der Waals surface area contributed by atoms with E-state index < -0.39 is 0 Å². The van der Waals surface area contributed by atoms with E-state index in [1.807, 2.05) is 23.6 Å². The average Bonchev–Trinajstić information content (AvgIpc) is 3.09. The number of nitrogens with zero attached hydrogens (tertiary/aromatic N) is 1. The van der Waals surface area contributed by atoms with Gasteiger partial charge in [-0.2, -0.15) is 5.26 Å². The molecule has 0 amide bonds. The van der Waals surface area contributed by atoms with Crippen molar-refractivity contribution in [1.29, 1.82) is 5.26 Å². The third-order valence-electron chi connectivity index (χ3n) is 2.83. The van der Waals surface area contributed by atoms with Crippen LogP contribution in [-0.4, -0.2) is 6.79 Å². The minimum absolute atomic E-state index is 0.221. The lowest BCUT2D eigenvalue weighted by molar-refractivity contribution is 0.174. The molecule has 19 heavy (non-hydrogen) atoms. The first-order valence-electron chi connectivity index (χ1n) is 5.63. The summed E-state index contributed by atoms with van der Waals surface area (Å²) in [5.74, 6) is 1.36. The minimum atomic E-state index is 0.221. The molecule has 4 nitrogen and oxygen atoms in total. The molecule has 5 heteroatoms. The van der Waals surface area contributed by atoms with Crippen LogP contribution in [0.5, 0.6) is 11.5 Å². The standard InChI is InChI=1S/C14H10N2O2S/c15-7-10(13-2-1-5-19-13)14(16)9-3-4-11-12(6-9)18-8-17-11/h1-6H,8,16H2/b14-10-. The molecule has 2 N–H and O–H groups in total. The molecule has 1 aliphatic rings. The van der Waals surface area contributed by atoms with Crippen LogP contribution >= 0.6 is 11.3 Å². The van der Waals surface area contributed by atoms with Crippen LogP contribution in [0.3, 0.4) is 0 Å². The van der Waals surface area contributed by atoms with Gasteiger partial charge in [0, 0.05) is 10.4 Å². The summed E-state index contributed by atoms with van der Waals surface area (Å²) in [6.07, 6.45) is 0. The maximum absolute atomic E-state index is 9.29. The van der Waals surface area contributed by atoms with Gasteiger partial charge in [-0.15, -0.1) is 11.3 Å². The van der Waals surface area contributed by atoms with Crippen molar-refractivity contribution in [2.45, 2.75) is 0 Å². The molecule has 0 bridgehead atoms. The van der Waals surface area contributed by atoms with Crippen LogP contribution in [0.2, 0.25) is 0 Å². The van der Waals surface area contributed by atoms with Crippen LogP contribution in [0.25, 0.3) is 11.3 Å². The van der Waals surface area contributed by atoms with Crippen molar-refractivity contribution in [3.8, 4) is 17.6 Å². The third-order valence-corrected chi connectivity index (χ3v) is 3.72. The zero-order valence-electron chi connectivity index (χ0n) is 9.92. The SMILES string of the molecule is N#C/C(=C(/N)c1ccc2c(c1)OCO2)c1cccs1. The monoisotopic (exact) mass is 270 g/mol. The highest BCUT2D eigenvalue weighted by Crippen LogP contribution is 2.35. The highest BCUT2D eigenvalue weighted by molar-refractivity contribution is 7.11. The molecular weight excluding hydrogens is 260 g/mol. The Bertz CT molecular complexity index is 684. The van der Waals surface area contributed by atoms with Crippen molar-refractivity contribution in [2.75, 3.05) is 6.79 Å². The number of fused-ring (bicyclic) bond motifs is 1. The molecule has 3 rings (SSSR count). The van der Waals surface area contributed by atoms with Gasteiger partial charge in [0.25, 0.3) is 0 Å². The summed E-state index contributed by atoms with van der Waals surface area (Å²) in [5, 5.41) is 11.2. The maximum Gasteiger partial charge on any atom is 0.231 e. The molecule has 0 atom stereocenters. The van der Waals surface area contributed by atoms with Crippen LogP contribution in [0, 0.1) is 11.3 Å². The number of nitriles is 1. The summed E-state index contributed by atoms with van der Waals surface area (Å²) in [6.45, 7) is 0.221. The first kappa shape index (κ1) is 11.6. The maximum atomic E-state index is 9.29. The molecule has 0 spiro atoms. The van der Waals surface area contributed by atoms with Gasteiger partial charge in [-0.25, -0.2) is 0 Å². The number of rotatable bonds is 2. The van der Waals surface area contributed by atoms with Gasteiger partial charge in [-0.1, -0.05) is 6.07 Å². The molecular formula is C14H10N2O2S. The van der Waals surface area contributed by atoms with E-state index in [-0.39, 0.29) is 6.79 Å². The molecule has 0 fully saturated rings. The third kappa shape index (κ3) is 2.02. The lowest BCUT2D eigenvalue weighted by Gasteiger charge is -2.05. The fourth-order valence-electron chi connectivity index (χ4n) is 1.88. The Morgan fingerprint density at radius 2 is 2.11 bits per heavy atom. The lowest BCUT2D eigenvalue weighted by Crippen LogP contribution is -1.99. The molecule has 0 aliphatic carbocycles. The van der Waals surface area contributed by atoms with Gasteiger partial charge in [0.1, 0.15) is 6.07 Å². The summed E-state index contributed by atoms with van der Waals surface area (Å²) < 4.78 is 10.6. The van der Waals surface area contributed by atoms with E-state index in [0.29, 0.717) is 22.8 Å². The van der Waals surface area contributed by atoms with Crippen molar-refractivity contribution in [3.63, 3.8) is 0 Å². The van der Waals surface area contributed by atoms with Crippen LogP contribution < -0.4 is 15.2 Å². The largest absolute Gasteiger partial charge is 0.454 e. The van der Waals surface area contributed by atoms with Crippen LogP contribution in [0.1, 0.15) is 10.4 Å². The predicted molar refractivity (Wildman–Crippen MR) is 73.5 cm³/mol. The second-order valence-corrected chi connectivity index (χ2v) is 4.89. The molecule has 94 valence electrons. The average molecular weight is 270 g/mol. The van der Waals surface area contributed by atoms with E-state index in [1.165, 1.54) is 11.3 Å². The van der Waals surface area contributed by atoms with Crippen molar-refractivity contribution in [3.05, 3.63) is 46.2 Å². The van der Waals surface area contributed by atoms with Gasteiger partial charge in [-0.3, -0.25) is 0 Å². The van der Waals surface area contributed by atoms with Crippen LogP contribution in [0.15, 0.2) is 35.7 Å². The summed E-state index contributed by atoms with van der Waals surface area (Å²) >= 11 is 1.49. The zero-order chi connectivity index (χ0) is 13.2. The number of benzene rings is 1. The molecule has 0 saturated carbocycles. The molecule has 1 aliphatic heterocycles. The predicted octanol–water partition coefficient (Wildman–Crippen LogP) is 2.83. The van der Waals surface area contributed by atoms with Gasteiger partial charge in [-0.05, 0) is 29.6 Å². The summed E-state index contributed by atoms with van der Waals surface area (Å²) in [4.78, 5) is 0.859. The molecule has 1 aromatic heterocycles. The Hall–Kier alpha value is -2.45. The number of thiophene rings is 1. The Kier molecular flexibility index (Phi) is 2.86. The fraction of sp³-hybridized carbons (Fsp3) is 0.0714. The van der Waals surface area contributed by atoms with Gasteiger partial charge in [0.15, 0.2) is 11.5 Å². The summed E-state index contributed by atoms with van der Waals surface area (Å²) in [6, 6.07) is 11.4. The quantitative estimate of drug-likeness (QED) is 0.852. The molecule has 1 aromatic carbocycles. The minimum Gasteiger partial charge on any atom is -0.454 e. The van der Waals surface area contributed by atoms with E-state index in [0.717, 1.165) is 10.4 Å². The van der Waals surface area contributed by atoms with Gasteiger partial charge >= 0.3 is 0 Å². The number of ether oxygens (including phenoxy) is 2. The second kappa shape index (κ2) is 4.67. The van der Waals surface area contributed by atoms with Crippen molar-refractivity contribution >= 4 is 22.6 Å². The number of nitrogens with two attached hydrogens (primary N) is 1. The lowest BCUT2D eigenvalue weighted by atomic mass is 10.1. The van der Waals surface area contributed by atoms with Gasteiger partial charge < -0.3 is 15.2 Å². The van der Waals surface area contributed by atoms with E-state index in [1.54, 1.807) is 12.1 Å². The second-order valence-electron chi connectivity index (χ2n) is 3.95. The van der Waals surface area contributed by atoms with E-state index >= 15 is 0 Å². The van der Waals surface area contributed by atoms with Gasteiger partial charge in [0.05, 0.1) is 11.3 Å². The van der Waals surface area contributed by atoms with Crippen LogP contribution in [0.4, 0.5) is 0 Å². The number of hydrogen-bond acceptors (Lipinski definition) is 5. The highest BCUT2D eigenvalue weighted by atomic mass is 32.1. The zero-order valence-corrected chi connectivity index (χ0v) is 10.7. The Morgan fingerprint density at radius 3 is 2.84 bits per heavy atom. The molecule has 0 saturated heterocycles. The Labute approximate surface area is 114 Å². The molecule has 0 radical (unpaired) electrons. The highest BCUT2D eigenvalue weighted by Gasteiger charge is 2.16. The normalized spacial score (nSPS) is 13.8.